The summed E-state index contributed by atoms with van der Waals surface area (Å²) < 4.78 is 4.51. The maximum atomic E-state index is 10.7. The molecular formula is C12H19NO4. The van der Waals surface area contributed by atoms with E-state index in [1.807, 2.05) is 0 Å². The quantitative estimate of drug-likeness (QED) is 0.440. The lowest BCUT2D eigenvalue weighted by Gasteiger charge is -2.05. The first-order valence-electron chi connectivity index (χ1n) is 5.47. The average molecular weight is 241 g/mol. The fraction of sp³-hybridized carbons (Fsp3) is 0.500. The largest absolute Gasteiger partial charge is 0.462 e. The molecule has 1 N–H and O–H groups in total. The molecule has 0 aliphatic carbocycles. The van der Waals surface area contributed by atoms with Crippen molar-refractivity contribution >= 4 is 11.9 Å². The van der Waals surface area contributed by atoms with E-state index in [0.29, 0.717) is 12.8 Å². The van der Waals surface area contributed by atoms with E-state index in [9.17, 15) is 9.59 Å². The zero-order valence-corrected chi connectivity index (χ0v) is 9.93. The number of nitrogens with zero attached hydrogens (tertiary/aromatic N) is 1. The van der Waals surface area contributed by atoms with E-state index in [4.69, 9.17) is 5.11 Å². The van der Waals surface area contributed by atoms with E-state index < -0.39 is 5.97 Å². The highest BCUT2D eigenvalue weighted by Gasteiger charge is 2.15. The summed E-state index contributed by atoms with van der Waals surface area (Å²) >= 11 is 0. The number of rotatable bonds is 5. The molecule has 5 nitrogen and oxygen atoms in total. The Labute approximate surface area is 101 Å². The Morgan fingerprint density at radius 2 is 2.24 bits per heavy atom. The Balaban J connectivity index is 0.000000302. The van der Waals surface area contributed by atoms with Crippen molar-refractivity contribution in [3.8, 4) is 0 Å². The number of carbonyl (C=O) groups is 2. The van der Waals surface area contributed by atoms with E-state index >= 15 is 0 Å². The van der Waals surface area contributed by atoms with Crippen LogP contribution >= 0.6 is 0 Å². The van der Waals surface area contributed by atoms with Crippen LogP contribution in [0.5, 0.6) is 0 Å². The molecule has 1 aliphatic rings. The van der Waals surface area contributed by atoms with Crippen LogP contribution in [0.1, 0.15) is 19.3 Å². The molecule has 0 saturated carbocycles. The Kier molecular flexibility index (Phi) is 8.68. The summed E-state index contributed by atoms with van der Waals surface area (Å²) in [5.41, 5.74) is 0. The number of ether oxygens (including phenoxy) is 1. The molecule has 0 atom stereocenters. The maximum absolute atomic E-state index is 10.7. The number of aliphatic hydroxyl groups excluding tert-OH is 1. The highest BCUT2D eigenvalue weighted by Crippen LogP contribution is 2.08. The van der Waals surface area contributed by atoms with Gasteiger partial charge in [0.1, 0.15) is 0 Å². The van der Waals surface area contributed by atoms with Gasteiger partial charge in [-0.3, -0.25) is 4.79 Å². The Hall–Kier alpha value is -1.62. The minimum Gasteiger partial charge on any atom is -0.462 e. The van der Waals surface area contributed by atoms with Gasteiger partial charge in [0, 0.05) is 32.1 Å². The Morgan fingerprint density at radius 3 is 2.59 bits per heavy atom. The molecule has 96 valence electrons. The van der Waals surface area contributed by atoms with Gasteiger partial charge in [0.2, 0.25) is 5.91 Å². The first-order valence-corrected chi connectivity index (χ1v) is 5.47. The molecule has 0 aromatic heterocycles. The fourth-order valence-electron chi connectivity index (χ4n) is 1.16. The summed E-state index contributed by atoms with van der Waals surface area (Å²) in [7, 11) is 0. The number of hydrogen-bond acceptors (Lipinski definition) is 4. The first-order chi connectivity index (χ1) is 8.15. The highest BCUT2D eigenvalue weighted by atomic mass is 16.5. The molecule has 1 saturated heterocycles. The zero-order chi connectivity index (χ0) is 13.1. The molecule has 0 bridgehead atoms. The predicted octanol–water partition coefficient (Wildman–Crippen LogP) is 0.850. The molecular weight excluding hydrogens is 222 g/mol. The van der Waals surface area contributed by atoms with Gasteiger partial charge in [0.25, 0.3) is 0 Å². The van der Waals surface area contributed by atoms with E-state index in [1.54, 1.807) is 11.1 Å². The van der Waals surface area contributed by atoms with Crippen molar-refractivity contribution in [2.45, 2.75) is 19.3 Å². The SMILES string of the molecule is C=CC(=O)OCCCO.C=CN1CCCC1=O. The minimum absolute atomic E-state index is 0.0461. The van der Waals surface area contributed by atoms with Crippen LogP contribution < -0.4 is 0 Å². The van der Waals surface area contributed by atoms with Crippen LogP contribution in [-0.4, -0.2) is 41.6 Å². The topological polar surface area (TPSA) is 66.8 Å². The summed E-state index contributed by atoms with van der Waals surface area (Å²) in [4.78, 5) is 22.6. The van der Waals surface area contributed by atoms with Gasteiger partial charge >= 0.3 is 5.97 Å². The minimum atomic E-state index is -0.441. The second-order valence-corrected chi connectivity index (χ2v) is 3.32. The third-order valence-electron chi connectivity index (χ3n) is 2.04. The molecule has 1 heterocycles. The molecule has 0 aromatic rings. The third kappa shape index (κ3) is 7.30. The van der Waals surface area contributed by atoms with Crippen LogP contribution in [0.15, 0.2) is 25.4 Å². The number of hydrogen-bond donors (Lipinski definition) is 1. The van der Waals surface area contributed by atoms with Crippen LogP contribution in [0, 0.1) is 0 Å². The Bertz CT molecular complexity index is 276. The molecule has 17 heavy (non-hydrogen) atoms. The van der Waals surface area contributed by atoms with Crippen molar-refractivity contribution in [3.05, 3.63) is 25.4 Å². The van der Waals surface area contributed by atoms with Crippen LogP contribution in [0.2, 0.25) is 0 Å². The molecule has 0 radical (unpaired) electrons. The number of likely N-dealkylation sites (tertiary alicyclic amines) is 1. The van der Waals surface area contributed by atoms with Gasteiger partial charge in [-0.05, 0) is 12.6 Å². The van der Waals surface area contributed by atoms with Crippen molar-refractivity contribution in [1.29, 1.82) is 0 Å². The molecule has 5 heteroatoms. The summed E-state index contributed by atoms with van der Waals surface area (Å²) in [5.74, 6) is -0.233. The van der Waals surface area contributed by atoms with Crippen molar-refractivity contribution in [2.24, 2.45) is 0 Å². The lowest BCUT2D eigenvalue weighted by Crippen LogP contribution is -2.16. The van der Waals surface area contributed by atoms with Gasteiger partial charge in [-0.2, -0.15) is 0 Å². The van der Waals surface area contributed by atoms with Gasteiger partial charge in [-0.1, -0.05) is 13.2 Å². The smallest absolute Gasteiger partial charge is 0.330 e. The normalized spacial score (nSPS) is 13.7. The molecule has 0 unspecified atom stereocenters. The lowest BCUT2D eigenvalue weighted by atomic mass is 10.4. The monoisotopic (exact) mass is 241 g/mol. The number of aliphatic hydroxyl groups is 1. The highest BCUT2D eigenvalue weighted by molar-refractivity contribution is 5.81. The number of amides is 1. The second kappa shape index (κ2) is 9.59. The van der Waals surface area contributed by atoms with Crippen LogP contribution in [0.25, 0.3) is 0 Å². The zero-order valence-electron chi connectivity index (χ0n) is 9.93. The fourth-order valence-corrected chi connectivity index (χ4v) is 1.16. The molecule has 1 fully saturated rings. The molecule has 1 rings (SSSR count). The van der Waals surface area contributed by atoms with E-state index in [-0.39, 0.29) is 19.1 Å². The van der Waals surface area contributed by atoms with Gasteiger partial charge in [0.15, 0.2) is 0 Å². The Morgan fingerprint density at radius 1 is 1.53 bits per heavy atom. The summed E-state index contributed by atoms with van der Waals surface area (Å²) in [6, 6.07) is 0. The van der Waals surface area contributed by atoms with Crippen molar-refractivity contribution < 1.29 is 19.4 Å². The third-order valence-corrected chi connectivity index (χ3v) is 2.04. The van der Waals surface area contributed by atoms with E-state index in [2.05, 4.69) is 17.9 Å². The lowest BCUT2D eigenvalue weighted by molar-refractivity contribution is -0.138. The van der Waals surface area contributed by atoms with Crippen LogP contribution in [0.3, 0.4) is 0 Å². The summed E-state index contributed by atoms with van der Waals surface area (Å²) in [6.45, 7) is 7.88. The molecule has 0 spiro atoms. The molecule has 1 aliphatic heterocycles. The van der Waals surface area contributed by atoms with E-state index in [1.165, 1.54) is 0 Å². The van der Waals surface area contributed by atoms with Crippen LogP contribution in [-0.2, 0) is 14.3 Å². The van der Waals surface area contributed by atoms with Crippen molar-refractivity contribution in [2.75, 3.05) is 19.8 Å². The number of esters is 1. The maximum Gasteiger partial charge on any atom is 0.330 e. The second-order valence-electron chi connectivity index (χ2n) is 3.32. The van der Waals surface area contributed by atoms with Gasteiger partial charge in [-0.15, -0.1) is 0 Å². The standard InChI is InChI=1S/C6H9NO.C6H10O3/c1-2-7-5-3-4-6(7)8;1-2-6(8)9-5-3-4-7/h2H,1,3-5H2;2,7H,1,3-5H2. The first kappa shape index (κ1) is 15.4. The molecule has 1 amide bonds. The summed E-state index contributed by atoms with van der Waals surface area (Å²) in [5, 5.41) is 8.23. The van der Waals surface area contributed by atoms with Crippen molar-refractivity contribution in [3.63, 3.8) is 0 Å². The van der Waals surface area contributed by atoms with Crippen molar-refractivity contribution in [1.82, 2.24) is 4.90 Å². The molecule has 0 aromatic carbocycles. The average Bonchev–Trinajstić information content (AvgIpc) is 2.75. The number of carbonyl (C=O) groups excluding carboxylic acids is 2. The van der Waals surface area contributed by atoms with E-state index in [0.717, 1.165) is 19.0 Å². The van der Waals surface area contributed by atoms with Gasteiger partial charge < -0.3 is 14.7 Å². The predicted molar refractivity (Wildman–Crippen MR) is 64.0 cm³/mol. The van der Waals surface area contributed by atoms with Gasteiger partial charge in [0.05, 0.1) is 6.61 Å². The van der Waals surface area contributed by atoms with Gasteiger partial charge in [-0.25, -0.2) is 4.79 Å². The van der Waals surface area contributed by atoms with Crippen LogP contribution in [0.4, 0.5) is 0 Å². The summed E-state index contributed by atoms with van der Waals surface area (Å²) in [6.07, 6.45) is 4.86.